The number of hydrazone groups is 1. The third-order valence-corrected chi connectivity index (χ3v) is 2.88. The predicted octanol–water partition coefficient (Wildman–Crippen LogP) is 0.243. The Bertz CT molecular complexity index is 740. The standard InChI is InChI=1S/C13H14N8/c1-9-3-2-4-10(5-9)7-15-19-13-20-17-11(14)6-12-18-16-8-21(12)13/h2-5,7-8H,6H2,1H3,(H2,14,17)(H,19,20)/b15-7-. The second-order valence-corrected chi connectivity index (χ2v) is 4.59. The largest absolute Gasteiger partial charge is 0.385 e. The first-order chi connectivity index (χ1) is 10.2. The summed E-state index contributed by atoms with van der Waals surface area (Å²) >= 11 is 0. The number of hydrogen-bond acceptors (Lipinski definition) is 7. The molecule has 2 heterocycles. The Balaban J connectivity index is 1.79. The van der Waals surface area contributed by atoms with Crippen molar-refractivity contribution in [2.45, 2.75) is 13.3 Å². The fourth-order valence-electron chi connectivity index (χ4n) is 1.90. The maximum Gasteiger partial charge on any atom is 0.250 e. The Hall–Kier alpha value is -3.03. The van der Waals surface area contributed by atoms with Gasteiger partial charge in [0.25, 0.3) is 5.96 Å². The Morgan fingerprint density at radius 1 is 1.38 bits per heavy atom. The zero-order valence-corrected chi connectivity index (χ0v) is 11.4. The molecular formula is C13H14N8. The molecular weight excluding hydrogens is 268 g/mol. The number of nitrogens with one attached hydrogen (secondary N) is 1. The summed E-state index contributed by atoms with van der Waals surface area (Å²) in [6.07, 6.45) is 3.64. The molecule has 0 amide bonds. The van der Waals surface area contributed by atoms with Gasteiger partial charge >= 0.3 is 0 Å². The fourth-order valence-corrected chi connectivity index (χ4v) is 1.90. The normalized spacial score (nSPS) is 14.3. The number of rotatable bonds is 2. The van der Waals surface area contributed by atoms with E-state index in [0.29, 0.717) is 24.0 Å². The minimum atomic E-state index is 0.378. The Labute approximate surface area is 121 Å². The molecule has 1 aliphatic heterocycles. The SMILES string of the molecule is Cc1cccc(/C=N\NC2=NN=C(N)Cc3nncn32)c1. The van der Waals surface area contributed by atoms with Gasteiger partial charge in [-0.1, -0.05) is 29.8 Å². The third-order valence-electron chi connectivity index (χ3n) is 2.88. The highest BCUT2D eigenvalue weighted by Gasteiger charge is 2.14. The van der Waals surface area contributed by atoms with Crippen LogP contribution in [0.3, 0.4) is 0 Å². The molecule has 0 aliphatic carbocycles. The highest BCUT2D eigenvalue weighted by molar-refractivity contribution is 5.89. The summed E-state index contributed by atoms with van der Waals surface area (Å²) in [6, 6.07) is 8.00. The van der Waals surface area contributed by atoms with E-state index in [4.69, 9.17) is 5.73 Å². The number of nitrogens with zero attached hydrogens (tertiary/aromatic N) is 6. The molecule has 0 radical (unpaired) electrons. The summed E-state index contributed by atoms with van der Waals surface area (Å²) < 4.78 is 1.66. The van der Waals surface area contributed by atoms with Gasteiger partial charge in [-0.05, 0) is 12.5 Å². The summed E-state index contributed by atoms with van der Waals surface area (Å²) in [4.78, 5) is 0. The van der Waals surface area contributed by atoms with E-state index in [2.05, 4.69) is 30.9 Å². The van der Waals surface area contributed by atoms with Crippen molar-refractivity contribution in [3.63, 3.8) is 0 Å². The smallest absolute Gasteiger partial charge is 0.250 e. The molecule has 0 bridgehead atoms. The molecule has 1 aromatic carbocycles. The molecule has 0 fully saturated rings. The highest BCUT2D eigenvalue weighted by Crippen LogP contribution is 2.02. The molecule has 0 saturated carbocycles. The summed E-state index contributed by atoms with van der Waals surface area (Å²) in [5.41, 5.74) is 10.7. The molecule has 0 saturated heterocycles. The zero-order valence-electron chi connectivity index (χ0n) is 11.4. The van der Waals surface area contributed by atoms with Gasteiger partial charge in [0, 0.05) is 0 Å². The molecule has 0 spiro atoms. The maximum atomic E-state index is 5.70. The van der Waals surface area contributed by atoms with Crippen LogP contribution in [0.5, 0.6) is 0 Å². The minimum absolute atomic E-state index is 0.378. The van der Waals surface area contributed by atoms with Crippen LogP contribution < -0.4 is 11.2 Å². The van der Waals surface area contributed by atoms with Crippen molar-refractivity contribution < 1.29 is 0 Å². The van der Waals surface area contributed by atoms with E-state index in [0.717, 1.165) is 5.56 Å². The van der Waals surface area contributed by atoms with Crippen LogP contribution in [0.25, 0.3) is 0 Å². The van der Waals surface area contributed by atoms with Gasteiger partial charge in [-0.2, -0.15) is 5.10 Å². The Morgan fingerprint density at radius 2 is 2.29 bits per heavy atom. The van der Waals surface area contributed by atoms with Crippen molar-refractivity contribution >= 4 is 18.0 Å². The molecule has 0 atom stereocenters. The van der Waals surface area contributed by atoms with Gasteiger partial charge in [-0.15, -0.1) is 20.4 Å². The van der Waals surface area contributed by atoms with Crippen molar-refractivity contribution in [1.82, 2.24) is 20.2 Å². The van der Waals surface area contributed by atoms with E-state index in [-0.39, 0.29) is 0 Å². The Morgan fingerprint density at radius 3 is 3.14 bits per heavy atom. The van der Waals surface area contributed by atoms with Gasteiger partial charge in [0.15, 0.2) is 0 Å². The van der Waals surface area contributed by atoms with Gasteiger partial charge < -0.3 is 5.73 Å². The van der Waals surface area contributed by atoms with E-state index in [1.54, 1.807) is 10.8 Å². The molecule has 1 aliphatic rings. The first-order valence-electron chi connectivity index (χ1n) is 6.37. The molecule has 8 nitrogen and oxygen atoms in total. The van der Waals surface area contributed by atoms with Crippen LogP contribution in [0.1, 0.15) is 17.0 Å². The van der Waals surface area contributed by atoms with Crippen LogP contribution in [0.15, 0.2) is 45.9 Å². The molecule has 21 heavy (non-hydrogen) atoms. The van der Waals surface area contributed by atoms with E-state index in [1.165, 1.54) is 11.9 Å². The van der Waals surface area contributed by atoms with Gasteiger partial charge in [0.1, 0.15) is 18.0 Å². The number of amidine groups is 1. The number of aryl methyl sites for hydroxylation is 1. The fraction of sp³-hybridized carbons (Fsp3) is 0.154. The molecule has 2 aromatic rings. The van der Waals surface area contributed by atoms with E-state index in [1.807, 2.05) is 31.2 Å². The number of benzene rings is 1. The van der Waals surface area contributed by atoms with Crippen molar-refractivity contribution in [3.8, 4) is 0 Å². The summed E-state index contributed by atoms with van der Waals surface area (Å²) in [6.45, 7) is 2.03. The van der Waals surface area contributed by atoms with Crippen molar-refractivity contribution in [2.24, 2.45) is 21.0 Å². The first kappa shape index (κ1) is 13.0. The van der Waals surface area contributed by atoms with Crippen LogP contribution in [0.2, 0.25) is 0 Å². The van der Waals surface area contributed by atoms with E-state index < -0.39 is 0 Å². The van der Waals surface area contributed by atoms with E-state index >= 15 is 0 Å². The van der Waals surface area contributed by atoms with Crippen LogP contribution in [0, 0.1) is 6.92 Å². The third kappa shape index (κ3) is 2.94. The predicted molar refractivity (Wildman–Crippen MR) is 80.1 cm³/mol. The molecule has 0 unspecified atom stereocenters. The number of nitrogens with two attached hydrogens (primary N) is 1. The van der Waals surface area contributed by atoms with Gasteiger partial charge in [0.2, 0.25) is 0 Å². The van der Waals surface area contributed by atoms with E-state index in [9.17, 15) is 0 Å². The van der Waals surface area contributed by atoms with Crippen LogP contribution >= 0.6 is 0 Å². The first-order valence-corrected chi connectivity index (χ1v) is 6.37. The lowest BCUT2D eigenvalue weighted by molar-refractivity contribution is 0.897. The van der Waals surface area contributed by atoms with Gasteiger partial charge in [-0.3, -0.25) is 4.57 Å². The lowest BCUT2D eigenvalue weighted by Gasteiger charge is -2.04. The van der Waals surface area contributed by atoms with Crippen LogP contribution in [0.4, 0.5) is 0 Å². The number of fused-ring (bicyclic) bond motifs is 1. The van der Waals surface area contributed by atoms with Crippen molar-refractivity contribution in [2.75, 3.05) is 0 Å². The lowest BCUT2D eigenvalue weighted by Crippen LogP contribution is -2.27. The summed E-state index contributed by atoms with van der Waals surface area (Å²) in [5, 5.41) is 19.9. The molecule has 106 valence electrons. The number of hydrogen-bond donors (Lipinski definition) is 2. The van der Waals surface area contributed by atoms with Crippen molar-refractivity contribution in [1.29, 1.82) is 0 Å². The summed E-state index contributed by atoms with van der Waals surface area (Å²) in [7, 11) is 0. The minimum Gasteiger partial charge on any atom is -0.385 e. The number of aromatic nitrogens is 3. The average Bonchev–Trinajstić information content (AvgIpc) is 2.85. The maximum absolute atomic E-state index is 5.70. The van der Waals surface area contributed by atoms with Crippen molar-refractivity contribution in [3.05, 3.63) is 47.5 Å². The topological polar surface area (TPSA) is 106 Å². The second kappa shape index (κ2) is 5.53. The molecule has 3 rings (SSSR count). The lowest BCUT2D eigenvalue weighted by atomic mass is 10.2. The van der Waals surface area contributed by atoms with Gasteiger partial charge in [-0.25, -0.2) is 5.43 Å². The zero-order chi connectivity index (χ0) is 14.7. The molecule has 3 N–H and O–H groups in total. The van der Waals surface area contributed by atoms with Crippen LogP contribution in [-0.2, 0) is 6.42 Å². The Kier molecular flexibility index (Phi) is 3.42. The average molecular weight is 282 g/mol. The molecule has 1 aromatic heterocycles. The van der Waals surface area contributed by atoms with Crippen LogP contribution in [-0.4, -0.2) is 32.8 Å². The quantitative estimate of drug-likeness (QED) is 0.608. The second-order valence-electron chi connectivity index (χ2n) is 4.59. The molecule has 8 heteroatoms. The van der Waals surface area contributed by atoms with Gasteiger partial charge in [0.05, 0.1) is 12.6 Å². The summed E-state index contributed by atoms with van der Waals surface area (Å²) in [5.74, 6) is 1.44. The highest BCUT2D eigenvalue weighted by atomic mass is 15.5. The monoisotopic (exact) mass is 282 g/mol.